The van der Waals surface area contributed by atoms with Gasteiger partial charge in [-0.1, -0.05) is 103 Å². The van der Waals surface area contributed by atoms with Crippen molar-refractivity contribution in [2.24, 2.45) is 0 Å². The molecule has 0 aliphatic rings. The molecular formula is C33H32N2. The Morgan fingerprint density at radius 1 is 0.457 bits per heavy atom. The van der Waals surface area contributed by atoms with Gasteiger partial charge in [0.2, 0.25) is 0 Å². The molecule has 0 heterocycles. The van der Waals surface area contributed by atoms with Gasteiger partial charge in [-0.25, -0.2) is 0 Å². The first-order valence-electron chi connectivity index (χ1n) is 12.0. The van der Waals surface area contributed by atoms with Crippen molar-refractivity contribution >= 4 is 22.7 Å². The van der Waals surface area contributed by atoms with Gasteiger partial charge >= 0.3 is 0 Å². The van der Waals surface area contributed by atoms with Crippen LogP contribution < -0.4 is 9.80 Å². The number of hydrogen-bond donors (Lipinski definition) is 0. The zero-order valence-electron chi connectivity index (χ0n) is 20.4. The quantitative estimate of drug-likeness (QED) is 0.183. The van der Waals surface area contributed by atoms with E-state index in [4.69, 9.17) is 0 Å². The molecule has 4 rings (SSSR count). The van der Waals surface area contributed by atoms with Crippen LogP contribution in [0.15, 0.2) is 158 Å². The summed E-state index contributed by atoms with van der Waals surface area (Å²) in [6, 6.07) is 42.4. The first-order valence-corrected chi connectivity index (χ1v) is 12.0. The lowest BCUT2D eigenvalue weighted by molar-refractivity contribution is 0.575. The molecule has 174 valence electrons. The number of benzene rings is 4. The van der Waals surface area contributed by atoms with Gasteiger partial charge in [0.1, 0.15) is 5.66 Å². The first-order chi connectivity index (χ1) is 17.2. The fraction of sp³-hybridized carbons (Fsp3) is 0.0909. The summed E-state index contributed by atoms with van der Waals surface area (Å²) in [4.78, 5) is 4.79. The van der Waals surface area contributed by atoms with Gasteiger partial charge in [-0.05, 0) is 68.5 Å². The van der Waals surface area contributed by atoms with Gasteiger partial charge in [0, 0.05) is 22.7 Å². The van der Waals surface area contributed by atoms with Crippen molar-refractivity contribution in [1.29, 1.82) is 0 Å². The minimum atomic E-state index is -0.592. The third-order valence-corrected chi connectivity index (χ3v) is 5.90. The van der Waals surface area contributed by atoms with Crippen molar-refractivity contribution in [2.75, 3.05) is 9.80 Å². The zero-order chi connectivity index (χ0) is 24.3. The smallest absolute Gasteiger partial charge is 0.138 e. The Bertz CT molecular complexity index is 1080. The summed E-state index contributed by atoms with van der Waals surface area (Å²) in [6.45, 7) is 4.30. The van der Waals surface area contributed by atoms with Gasteiger partial charge < -0.3 is 9.80 Å². The Labute approximate surface area is 209 Å². The monoisotopic (exact) mass is 456 g/mol. The fourth-order valence-electron chi connectivity index (χ4n) is 4.38. The Morgan fingerprint density at radius 2 is 0.771 bits per heavy atom. The van der Waals surface area contributed by atoms with Crippen molar-refractivity contribution < 1.29 is 0 Å². The van der Waals surface area contributed by atoms with Crippen molar-refractivity contribution in [3.63, 3.8) is 0 Å². The molecule has 0 unspecified atom stereocenters. The minimum Gasteiger partial charge on any atom is -0.314 e. The second-order valence-electron chi connectivity index (χ2n) is 8.38. The molecule has 4 aromatic carbocycles. The van der Waals surface area contributed by atoms with E-state index in [1.54, 1.807) is 0 Å². The average Bonchev–Trinajstić information content (AvgIpc) is 2.91. The van der Waals surface area contributed by atoms with Gasteiger partial charge in [0.15, 0.2) is 0 Å². The highest BCUT2D eigenvalue weighted by atomic mass is 15.4. The normalized spacial score (nSPS) is 11.9. The zero-order valence-corrected chi connectivity index (χ0v) is 20.4. The SMILES string of the molecule is C\C=C/C=C\C=C/C(C)(N(c1ccccc1)c1ccccc1)N(c1ccccc1)c1ccccc1. The molecule has 0 N–H and O–H groups in total. The summed E-state index contributed by atoms with van der Waals surface area (Å²) >= 11 is 0. The molecule has 0 bridgehead atoms. The van der Waals surface area contributed by atoms with Crippen molar-refractivity contribution in [3.8, 4) is 0 Å². The summed E-state index contributed by atoms with van der Waals surface area (Å²) in [5.74, 6) is 0. The second kappa shape index (κ2) is 11.7. The van der Waals surface area contributed by atoms with Gasteiger partial charge in [-0.3, -0.25) is 0 Å². The van der Waals surface area contributed by atoms with E-state index < -0.39 is 5.66 Å². The lowest BCUT2D eigenvalue weighted by Gasteiger charge is -2.49. The third-order valence-electron chi connectivity index (χ3n) is 5.90. The van der Waals surface area contributed by atoms with E-state index in [0.29, 0.717) is 0 Å². The average molecular weight is 457 g/mol. The van der Waals surface area contributed by atoms with Crippen LogP contribution in [0.4, 0.5) is 22.7 Å². The highest BCUT2D eigenvalue weighted by Crippen LogP contribution is 2.42. The maximum absolute atomic E-state index is 2.40. The number of para-hydroxylation sites is 4. The molecule has 4 aromatic rings. The molecule has 0 amide bonds. The van der Waals surface area contributed by atoms with Crippen LogP contribution >= 0.6 is 0 Å². The second-order valence-corrected chi connectivity index (χ2v) is 8.38. The maximum Gasteiger partial charge on any atom is 0.138 e. The molecule has 35 heavy (non-hydrogen) atoms. The van der Waals surface area contributed by atoms with Crippen LogP contribution in [0.5, 0.6) is 0 Å². The summed E-state index contributed by atoms with van der Waals surface area (Å²) < 4.78 is 0. The van der Waals surface area contributed by atoms with Crippen LogP contribution in [-0.2, 0) is 0 Å². The van der Waals surface area contributed by atoms with Crippen LogP contribution in [0.2, 0.25) is 0 Å². The Kier molecular flexibility index (Phi) is 7.98. The molecule has 0 aliphatic carbocycles. The fourth-order valence-corrected chi connectivity index (χ4v) is 4.38. The molecule has 2 nitrogen and oxygen atoms in total. The lowest BCUT2D eigenvalue weighted by atomic mass is 10.0. The summed E-state index contributed by atoms with van der Waals surface area (Å²) in [5, 5.41) is 0. The van der Waals surface area contributed by atoms with Crippen LogP contribution in [0, 0.1) is 0 Å². The molecule has 0 aliphatic heterocycles. The van der Waals surface area contributed by atoms with Crippen LogP contribution in [-0.4, -0.2) is 5.66 Å². The summed E-state index contributed by atoms with van der Waals surface area (Å²) in [5.41, 5.74) is 3.85. The van der Waals surface area contributed by atoms with Crippen LogP contribution in [0.3, 0.4) is 0 Å². The van der Waals surface area contributed by atoms with Gasteiger partial charge in [-0.15, -0.1) is 0 Å². The van der Waals surface area contributed by atoms with Crippen LogP contribution in [0.1, 0.15) is 13.8 Å². The predicted octanol–water partition coefficient (Wildman–Crippen LogP) is 9.07. The molecule has 0 saturated carbocycles. The Balaban J connectivity index is 1.99. The third kappa shape index (κ3) is 5.62. The lowest BCUT2D eigenvalue weighted by Crippen LogP contribution is -2.54. The number of allylic oxidation sites excluding steroid dienone is 5. The molecule has 0 spiro atoms. The largest absolute Gasteiger partial charge is 0.314 e. The molecule has 0 saturated heterocycles. The standard InChI is InChI=1S/C33H32N2/c1-3-4-5-6-19-28-33(2,34(29-20-11-7-12-21-29)30-22-13-8-14-23-30)35(31-24-15-9-16-25-31)32-26-17-10-18-27-32/h3-28H,1-2H3/b4-3-,6-5-,28-19-. The van der Waals surface area contributed by atoms with E-state index in [1.807, 2.05) is 19.1 Å². The molecule has 2 heteroatoms. The molecule has 0 aromatic heterocycles. The minimum absolute atomic E-state index is 0.592. The van der Waals surface area contributed by atoms with Crippen molar-refractivity contribution in [1.82, 2.24) is 0 Å². The van der Waals surface area contributed by atoms with E-state index in [0.717, 1.165) is 22.7 Å². The number of anilines is 4. The Morgan fingerprint density at radius 3 is 1.09 bits per heavy atom. The molecule has 0 atom stereocenters. The molecule has 0 radical (unpaired) electrons. The van der Waals surface area contributed by atoms with E-state index in [-0.39, 0.29) is 0 Å². The number of nitrogens with zero attached hydrogens (tertiary/aromatic N) is 2. The highest BCUT2D eigenvalue weighted by molar-refractivity contribution is 5.75. The number of rotatable bonds is 9. The predicted molar refractivity (Wildman–Crippen MR) is 152 cm³/mol. The van der Waals surface area contributed by atoms with E-state index >= 15 is 0 Å². The van der Waals surface area contributed by atoms with Crippen molar-refractivity contribution in [3.05, 3.63) is 158 Å². The van der Waals surface area contributed by atoms with E-state index in [2.05, 4.69) is 162 Å². The van der Waals surface area contributed by atoms with E-state index in [9.17, 15) is 0 Å². The van der Waals surface area contributed by atoms with Gasteiger partial charge in [0.05, 0.1) is 0 Å². The van der Waals surface area contributed by atoms with E-state index in [1.165, 1.54) is 0 Å². The maximum atomic E-state index is 2.40. The van der Waals surface area contributed by atoms with Crippen LogP contribution in [0.25, 0.3) is 0 Å². The molecular weight excluding hydrogens is 424 g/mol. The number of hydrogen-bond acceptors (Lipinski definition) is 2. The highest BCUT2D eigenvalue weighted by Gasteiger charge is 2.38. The Hall–Kier alpha value is -4.30. The summed E-state index contributed by atoms with van der Waals surface area (Å²) in [7, 11) is 0. The van der Waals surface area contributed by atoms with Gasteiger partial charge in [-0.2, -0.15) is 0 Å². The molecule has 0 fully saturated rings. The summed E-state index contributed by atoms with van der Waals surface area (Å²) in [6.07, 6.45) is 12.6. The topological polar surface area (TPSA) is 6.48 Å². The van der Waals surface area contributed by atoms with Crippen molar-refractivity contribution in [2.45, 2.75) is 19.5 Å². The van der Waals surface area contributed by atoms with Gasteiger partial charge in [0.25, 0.3) is 0 Å². The first kappa shape index (κ1) is 23.8.